The Balaban J connectivity index is 1.53. The van der Waals surface area contributed by atoms with Crippen molar-refractivity contribution in [3.05, 3.63) is 23.8 Å². The number of hydrogen-bond acceptors (Lipinski definition) is 3. The smallest absolute Gasteiger partial charge is 0.191 e. The summed E-state index contributed by atoms with van der Waals surface area (Å²) in [4.78, 5) is 12.0. The number of fused-ring (bicyclic) bond motifs is 5. The van der Waals surface area contributed by atoms with Gasteiger partial charge in [-0.25, -0.2) is 0 Å². The largest absolute Gasteiger partial charge is 0.417 e. The molecule has 4 aliphatic rings. The minimum atomic E-state index is -1.74. The second-order valence-electron chi connectivity index (χ2n) is 13.5. The number of ketones is 1. The molecule has 0 bridgehead atoms. The molecule has 1 N–H and O–H groups in total. The Hall–Kier alpha value is -0.713. The van der Waals surface area contributed by atoms with Gasteiger partial charge in [-0.2, -0.15) is 0 Å². The maximum Gasteiger partial charge on any atom is 0.191 e. The zero-order chi connectivity index (χ0) is 23.7. The van der Waals surface area contributed by atoms with Crippen LogP contribution in [0, 0.1) is 40.4 Å². The highest BCUT2D eigenvalue weighted by Gasteiger charge is 2.61. The van der Waals surface area contributed by atoms with E-state index in [0.717, 1.165) is 18.6 Å². The van der Waals surface area contributed by atoms with Gasteiger partial charge in [0, 0.05) is 12.0 Å². The minimum Gasteiger partial charge on any atom is -0.417 e. The van der Waals surface area contributed by atoms with Gasteiger partial charge in [-0.15, -0.1) is 0 Å². The van der Waals surface area contributed by atoms with E-state index < -0.39 is 8.32 Å². The van der Waals surface area contributed by atoms with E-state index in [9.17, 15) is 9.90 Å². The fourth-order valence-corrected chi connectivity index (χ4v) is 8.93. The first kappa shape index (κ1) is 24.4. The van der Waals surface area contributed by atoms with E-state index in [0.29, 0.717) is 36.0 Å². The first-order valence-corrected chi connectivity index (χ1v) is 15.9. The predicted octanol–water partition coefficient (Wildman–Crippen LogP) is 6.54. The van der Waals surface area contributed by atoms with E-state index in [1.165, 1.54) is 19.3 Å². The van der Waals surface area contributed by atoms with Gasteiger partial charge in [0.1, 0.15) is 0 Å². The third-order valence-corrected chi connectivity index (χ3v) is 15.4. The predicted molar refractivity (Wildman–Crippen MR) is 134 cm³/mol. The summed E-state index contributed by atoms with van der Waals surface area (Å²) in [6.45, 7) is 19.8. The number of aliphatic hydroxyl groups excluding tert-OH is 1. The van der Waals surface area contributed by atoms with E-state index in [2.05, 4.69) is 60.7 Å². The van der Waals surface area contributed by atoms with Gasteiger partial charge in [-0.05, 0) is 97.4 Å². The van der Waals surface area contributed by atoms with Gasteiger partial charge in [0.2, 0.25) is 0 Å². The van der Waals surface area contributed by atoms with Crippen LogP contribution >= 0.6 is 0 Å². The van der Waals surface area contributed by atoms with Crippen LogP contribution in [0.1, 0.15) is 73.6 Å². The third-order valence-electron chi connectivity index (χ3n) is 10.9. The van der Waals surface area contributed by atoms with Gasteiger partial charge in [0.05, 0.1) is 6.10 Å². The lowest BCUT2D eigenvalue weighted by Gasteiger charge is -2.59. The number of carbonyl (C=O) groups excluding carboxylic acids is 1. The summed E-state index contributed by atoms with van der Waals surface area (Å²) in [7, 11) is -1.74. The maximum absolute atomic E-state index is 12.0. The van der Waals surface area contributed by atoms with E-state index in [1.54, 1.807) is 6.08 Å². The Morgan fingerprint density at radius 1 is 1.19 bits per heavy atom. The zero-order valence-corrected chi connectivity index (χ0v) is 22.7. The fraction of sp³-hybridized carbons (Fsp3) is 0.821. The molecule has 0 aromatic carbocycles. The van der Waals surface area contributed by atoms with Crippen LogP contribution in [0.2, 0.25) is 18.1 Å². The molecule has 3 saturated carbocycles. The van der Waals surface area contributed by atoms with Gasteiger partial charge in [-0.1, -0.05) is 53.2 Å². The molecule has 0 heterocycles. The maximum atomic E-state index is 12.0. The van der Waals surface area contributed by atoms with Gasteiger partial charge < -0.3 is 9.53 Å². The van der Waals surface area contributed by atoms with Crippen LogP contribution in [0.3, 0.4) is 0 Å². The van der Waals surface area contributed by atoms with E-state index in [1.807, 2.05) is 6.08 Å². The second kappa shape index (κ2) is 7.92. The number of allylic oxidation sites excluding steroid dienone is 3. The topological polar surface area (TPSA) is 46.5 Å². The molecule has 0 amide bonds. The molecule has 0 spiro atoms. The molecule has 32 heavy (non-hydrogen) atoms. The first-order chi connectivity index (χ1) is 14.7. The zero-order valence-electron chi connectivity index (χ0n) is 21.7. The van der Waals surface area contributed by atoms with Crippen LogP contribution in [0.25, 0.3) is 0 Å². The van der Waals surface area contributed by atoms with Crippen LogP contribution < -0.4 is 0 Å². The molecule has 0 radical (unpaired) electrons. The quantitative estimate of drug-likeness (QED) is 0.487. The molecule has 4 rings (SSSR count). The Morgan fingerprint density at radius 3 is 2.53 bits per heavy atom. The highest BCUT2D eigenvalue weighted by molar-refractivity contribution is 6.74. The summed E-state index contributed by atoms with van der Waals surface area (Å²) in [5.41, 5.74) is 1.38. The Morgan fingerprint density at radius 2 is 1.88 bits per heavy atom. The van der Waals surface area contributed by atoms with E-state index in [-0.39, 0.29) is 27.8 Å². The molecule has 3 nitrogen and oxygen atoms in total. The van der Waals surface area contributed by atoms with E-state index in [4.69, 9.17) is 4.43 Å². The molecular weight excluding hydrogens is 412 g/mol. The monoisotopic (exact) mass is 458 g/mol. The summed E-state index contributed by atoms with van der Waals surface area (Å²) in [5.74, 6) is 2.65. The number of aliphatic hydroxyl groups is 1. The summed E-state index contributed by atoms with van der Waals surface area (Å²) >= 11 is 0. The molecule has 0 aliphatic heterocycles. The van der Waals surface area contributed by atoms with Crippen LogP contribution in [0.4, 0.5) is 0 Å². The molecule has 4 aliphatic carbocycles. The van der Waals surface area contributed by atoms with Gasteiger partial charge in [-0.3, -0.25) is 4.79 Å². The first-order valence-electron chi connectivity index (χ1n) is 13.0. The second-order valence-corrected chi connectivity index (χ2v) is 18.3. The van der Waals surface area contributed by atoms with Crippen molar-refractivity contribution in [3.63, 3.8) is 0 Å². The van der Waals surface area contributed by atoms with Crippen LogP contribution in [0.5, 0.6) is 0 Å². The molecule has 0 aromatic rings. The van der Waals surface area contributed by atoms with Crippen molar-refractivity contribution in [2.45, 2.75) is 97.9 Å². The number of hydrogen-bond donors (Lipinski definition) is 1. The molecule has 0 saturated heterocycles. The van der Waals surface area contributed by atoms with Crippen LogP contribution in [-0.2, 0) is 9.22 Å². The standard InChI is InChI=1S/C28H46O3Si/c1-18(17-31-32(7,8)26(2,3)4)21-9-10-22-25-23(12-14-28(21,22)6)27(5)13-11-20(29)15-19(27)16-24(25)30/h11,13,15,18,21-25,30H,9-10,12,14,16-17H2,1-8H3/t18-,21-,22+,23+,24-,25+,27+,28-/m1/s1. The van der Waals surface area contributed by atoms with Crippen molar-refractivity contribution >= 4 is 14.1 Å². The molecular formula is C28H46O3Si. The lowest BCUT2D eigenvalue weighted by Crippen LogP contribution is -2.55. The molecule has 3 fully saturated rings. The average Bonchev–Trinajstić information content (AvgIpc) is 3.04. The van der Waals surface area contributed by atoms with Crippen molar-refractivity contribution in [1.82, 2.24) is 0 Å². The van der Waals surface area contributed by atoms with Crippen LogP contribution in [0.15, 0.2) is 23.8 Å². The number of rotatable bonds is 4. The fourth-order valence-electron chi connectivity index (χ4n) is 7.82. The van der Waals surface area contributed by atoms with Crippen molar-refractivity contribution < 1.29 is 14.3 Å². The molecule has 0 unspecified atom stereocenters. The average molecular weight is 459 g/mol. The Kier molecular flexibility index (Phi) is 6.04. The SMILES string of the molecule is C[C@H](CO[Si](C)(C)C(C)(C)C)[C@H]1CC[C@H]2[C@@H]3[C@H](O)CC4=CC(=O)C=C[C@]4(C)[C@H]3CC[C@]12C. The highest BCUT2D eigenvalue weighted by atomic mass is 28.4. The van der Waals surface area contributed by atoms with Crippen molar-refractivity contribution in [3.8, 4) is 0 Å². The lowest BCUT2D eigenvalue weighted by atomic mass is 9.46. The summed E-state index contributed by atoms with van der Waals surface area (Å²) in [6.07, 6.45) is 10.9. The molecule has 180 valence electrons. The number of carbonyl (C=O) groups is 1. The molecule has 8 atom stereocenters. The third kappa shape index (κ3) is 3.73. The molecule has 0 aromatic heterocycles. The van der Waals surface area contributed by atoms with Gasteiger partial charge in [0.25, 0.3) is 0 Å². The normalized spacial score (nSPS) is 42.7. The van der Waals surface area contributed by atoms with Crippen molar-refractivity contribution in [2.75, 3.05) is 6.61 Å². The highest BCUT2D eigenvalue weighted by Crippen LogP contribution is 2.67. The van der Waals surface area contributed by atoms with Gasteiger partial charge >= 0.3 is 0 Å². The van der Waals surface area contributed by atoms with Crippen molar-refractivity contribution in [2.24, 2.45) is 40.4 Å². The summed E-state index contributed by atoms with van der Waals surface area (Å²) in [5, 5.41) is 11.6. The van der Waals surface area contributed by atoms with Crippen molar-refractivity contribution in [1.29, 1.82) is 0 Å². The van der Waals surface area contributed by atoms with E-state index >= 15 is 0 Å². The Labute approximate surface area is 197 Å². The summed E-state index contributed by atoms with van der Waals surface area (Å²) < 4.78 is 6.66. The summed E-state index contributed by atoms with van der Waals surface area (Å²) in [6, 6.07) is 0. The van der Waals surface area contributed by atoms with Gasteiger partial charge in [0.15, 0.2) is 14.1 Å². The molecule has 4 heteroatoms. The Bertz CT molecular complexity index is 821. The lowest BCUT2D eigenvalue weighted by molar-refractivity contribution is -0.113. The van der Waals surface area contributed by atoms with Crippen LogP contribution in [-0.4, -0.2) is 31.9 Å². The minimum absolute atomic E-state index is 0.0612.